The third kappa shape index (κ3) is 5.13. The van der Waals surface area contributed by atoms with Crippen molar-refractivity contribution >= 4 is 0 Å². The first-order valence-corrected chi connectivity index (χ1v) is 6.88. The molecule has 1 aliphatic carbocycles. The Bertz CT molecular complexity index is 201. The zero-order valence-corrected chi connectivity index (χ0v) is 10.9. The molecule has 0 aromatic heterocycles. The van der Waals surface area contributed by atoms with Gasteiger partial charge in [0.1, 0.15) is 0 Å². The zero-order chi connectivity index (χ0) is 11.6. The molecule has 0 aromatic rings. The Morgan fingerprint density at radius 1 is 1.38 bits per heavy atom. The van der Waals surface area contributed by atoms with Crippen LogP contribution in [0.25, 0.3) is 0 Å². The predicted octanol–water partition coefficient (Wildman–Crippen LogP) is 3.28. The van der Waals surface area contributed by atoms with Crippen LogP contribution in [0.3, 0.4) is 0 Å². The Labute approximate surface area is 100 Å². The van der Waals surface area contributed by atoms with Crippen molar-refractivity contribution in [2.45, 2.75) is 58.4 Å². The summed E-state index contributed by atoms with van der Waals surface area (Å²) < 4.78 is 5.47. The van der Waals surface area contributed by atoms with Gasteiger partial charge in [-0.1, -0.05) is 18.6 Å². The van der Waals surface area contributed by atoms with Gasteiger partial charge in [-0.25, -0.2) is 0 Å². The van der Waals surface area contributed by atoms with E-state index in [1.807, 2.05) is 0 Å². The van der Waals surface area contributed by atoms with Crippen molar-refractivity contribution in [2.24, 2.45) is 0 Å². The molecular weight excluding hydrogens is 198 g/mol. The quantitative estimate of drug-likeness (QED) is 0.505. The van der Waals surface area contributed by atoms with Crippen molar-refractivity contribution in [2.75, 3.05) is 19.8 Å². The van der Waals surface area contributed by atoms with Crippen LogP contribution in [-0.4, -0.2) is 25.8 Å². The molecule has 1 atom stereocenters. The molecule has 2 heteroatoms. The van der Waals surface area contributed by atoms with E-state index in [4.69, 9.17) is 4.74 Å². The van der Waals surface area contributed by atoms with Crippen LogP contribution < -0.4 is 5.32 Å². The third-order valence-electron chi connectivity index (χ3n) is 3.17. The van der Waals surface area contributed by atoms with Gasteiger partial charge in [0.15, 0.2) is 0 Å². The van der Waals surface area contributed by atoms with E-state index >= 15 is 0 Å². The average Bonchev–Trinajstić information content (AvgIpc) is 2.35. The van der Waals surface area contributed by atoms with E-state index in [0.29, 0.717) is 6.04 Å². The molecular formula is C14H27NO. The minimum absolute atomic E-state index is 0.562. The second kappa shape index (κ2) is 8.77. The van der Waals surface area contributed by atoms with Gasteiger partial charge in [-0.3, -0.25) is 0 Å². The normalized spacial score (nSPS) is 18.2. The van der Waals surface area contributed by atoms with Crippen LogP contribution in [0.4, 0.5) is 0 Å². The summed E-state index contributed by atoms with van der Waals surface area (Å²) in [5.41, 5.74) is 1.62. The van der Waals surface area contributed by atoms with Gasteiger partial charge in [-0.15, -0.1) is 0 Å². The van der Waals surface area contributed by atoms with Crippen LogP contribution in [0.2, 0.25) is 0 Å². The lowest BCUT2D eigenvalue weighted by Crippen LogP contribution is -2.33. The molecule has 0 aromatic carbocycles. The summed E-state index contributed by atoms with van der Waals surface area (Å²) in [5, 5.41) is 3.65. The Balaban J connectivity index is 2.38. The fraction of sp³-hybridized carbons (Fsp3) is 0.857. The Hall–Kier alpha value is -0.340. The molecule has 94 valence electrons. The van der Waals surface area contributed by atoms with Crippen LogP contribution in [0.15, 0.2) is 11.6 Å². The van der Waals surface area contributed by atoms with Gasteiger partial charge in [0, 0.05) is 19.3 Å². The Morgan fingerprint density at radius 3 is 2.88 bits per heavy atom. The summed E-state index contributed by atoms with van der Waals surface area (Å²) in [5.74, 6) is 0. The van der Waals surface area contributed by atoms with Crippen LogP contribution in [0.5, 0.6) is 0 Å². The first-order chi connectivity index (χ1) is 7.88. The number of rotatable bonds is 8. The lowest BCUT2D eigenvalue weighted by Gasteiger charge is -2.24. The highest BCUT2D eigenvalue weighted by Gasteiger charge is 2.15. The Kier molecular flexibility index (Phi) is 7.52. The molecule has 1 unspecified atom stereocenters. The molecule has 0 saturated carbocycles. The minimum atomic E-state index is 0.562. The average molecular weight is 225 g/mol. The van der Waals surface area contributed by atoms with Gasteiger partial charge >= 0.3 is 0 Å². The lowest BCUT2D eigenvalue weighted by atomic mass is 9.92. The number of allylic oxidation sites excluding steroid dienone is 1. The summed E-state index contributed by atoms with van der Waals surface area (Å²) in [6.45, 7) is 7.12. The van der Waals surface area contributed by atoms with E-state index in [2.05, 4.69) is 25.2 Å². The smallest absolute Gasteiger partial charge is 0.0483 e. The maximum Gasteiger partial charge on any atom is 0.0483 e. The van der Waals surface area contributed by atoms with Gasteiger partial charge < -0.3 is 10.1 Å². The lowest BCUT2D eigenvalue weighted by molar-refractivity contribution is 0.139. The first-order valence-electron chi connectivity index (χ1n) is 6.88. The fourth-order valence-electron chi connectivity index (χ4n) is 2.26. The summed E-state index contributed by atoms with van der Waals surface area (Å²) in [6.07, 6.45) is 10.1. The largest absolute Gasteiger partial charge is 0.382 e. The van der Waals surface area contributed by atoms with E-state index in [-0.39, 0.29) is 0 Å². The molecule has 1 aliphatic rings. The van der Waals surface area contributed by atoms with E-state index < -0.39 is 0 Å². The summed E-state index contributed by atoms with van der Waals surface area (Å²) in [6, 6.07) is 0.562. The highest BCUT2D eigenvalue weighted by molar-refractivity contribution is 5.13. The number of hydrogen-bond acceptors (Lipinski definition) is 2. The van der Waals surface area contributed by atoms with Crippen LogP contribution in [-0.2, 0) is 4.74 Å². The molecule has 2 nitrogen and oxygen atoms in total. The van der Waals surface area contributed by atoms with Crippen molar-refractivity contribution in [3.8, 4) is 0 Å². The monoisotopic (exact) mass is 225 g/mol. The third-order valence-corrected chi connectivity index (χ3v) is 3.17. The van der Waals surface area contributed by atoms with Crippen molar-refractivity contribution in [3.63, 3.8) is 0 Å². The highest BCUT2D eigenvalue weighted by Crippen LogP contribution is 2.21. The fourth-order valence-corrected chi connectivity index (χ4v) is 2.26. The second-order valence-electron chi connectivity index (χ2n) is 4.52. The molecule has 0 aliphatic heterocycles. The molecule has 16 heavy (non-hydrogen) atoms. The van der Waals surface area contributed by atoms with Crippen LogP contribution in [0.1, 0.15) is 52.4 Å². The van der Waals surface area contributed by atoms with Crippen LogP contribution >= 0.6 is 0 Å². The first kappa shape index (κ1) is 13.7. The summed E-state index contributed by atoms with van der Waals surface area (Å²) >= 11 is 0. The molecule has 0 saturated heterocycles. The van der Waals surface area contributed by atoms with E-state index in [0.717, 1.165) is 26.2 Å². The molecule has 0 amide bonds. The van der Waals surface area contributed by atoms with E-state index in [1.165, 1.54) is 32.1 Å². The van der Waals surface area contributed by atoms with Crippen molar-refractivity contribution < 1.29 is 4.74 Å². The van der Waals surface area contributed by atoms with Gasteiger partial charge in [0.2, 0.25) is 0 Å². The van der Waals surface area contributed by atoms with Gasteiger partial charge in [-0.05, 0) is 52.0 Å². The summed E-state index contributed by atoms with van der Waals surface area (Å²) in [7, 11) is 0. The second-order valence-corrected chi connectivity index (χ2v) is 4.52. The topological polar surface area (TPSA) is 21.3 Å². The molecule has 0 bridgehead atoms. The van der Waals surface area contributed by atoms with E-state index in [1.54, 1.807) is 5.57 Å². The maximum absolute atomic E-state index is 5.47. The molecule has 0 radical (unpaired) electrons. The molecule has 0 fully saturated rings. The van der Waals surface area contributed by atoms with Gasteiger partial charge in [0.25, 0.3) is 0 Å². The molecule has 0 heterocycles. The zero-order valence-electron chi connectivity index (χ0n) is 10.9. The maximum atomic E-state index is 5.47. The molecule has 1 N–H and O–H groups in total. The molecule has 1 rings (SSSR count). The minimum Gasteiger partial charge on any atom is -0.382 e. The highest BCUT2D eigenvalue weighted by atomic mass is 16.5. The van der Waals surface area contributed by atoms with Crippen LogP contribution in [0, 0.1) is 0 Å². The number of nitrogens with one attached hydrogen (secondary N) is 1. The van der Waals surface area contributed by atoms with Gasteiger partial charge in [0.05, 0.1) is 0 Å². The number of ether oxygens (including phenoxy) is 1. The van der Waals surface area contributed by atoms with Gasteiger partial charge in [-0.2, -0.15) is 0 Å². The molecule has 0 spiro atoms. The van der Waals surface area contributed by atoms with Crippen molar-refractivity contribution in [1.82, 2.24) is 5.32 Å². The number of hydrogen-bond donors (Lipinski definition) is 1. The standard InChI is InChI=1S/C14H27NO/c1-3-11-15-14(10-12-16-4-2)13-8-6-5-7-9-13/h8,14-15H,3-7,9-12H2,1-2H3. The van der Waals surface area contributed by atoms with Crippen molar-refractivity contribution in [3.05, 3.63) is 11.6 Å². The van der Waals surface area contributed by atoms with E-state index in [9.17, 15) is 0 Å². The SMILES string of the molecule is CCCNC(CCOCC)C1=CCCCC1. The van der Waals surface area contributed by atoms with Crippen molar-refractivity contribution in [1.29, 1.82) is 0 Å². The Morgan fingerprint density at radius 2 is 2.25 bits per heavy atom. The summed E-state index contributed by atoms with van der Waals surface area (Å²) in [4.78, 5) is 0. The predicted molar refractivity (Wildman–Crippen MR) is 69.7 cm³/mol.